The number of furan rings is 1. The van der Waals surface area contributed by atoms with Crippen molar-refractivity contribution in [2.24, 2.45) is 5.73 Å². The van der Waals surface area contributed by atoms with Crippen LogP contribution in [-0.4, -0.2) is 0 Å². The molecule has 0 atom stereocenters. The lowest BCUT2D eigenvalue weighted by molar-refractivity contribution is 0.476. The summed E-state index contributed by atoms with van der Waals surface area (Å²) in [5.74, 6) is 2.06. The number of hydrogen-bond donors (Lipinski definition) is 2. The Labute approximate surface area is 65.6 Å². The highest BCUT2D eigenvalue weighted by molar-refractivity contribution is 5.35. The minimum Gasteiger partial charge on any atom is -0.464 e. The minimum atomic E-state index is 0.590. The Hall–Kier alpha value is -0.800. The lowest BCUT2D eigenvalue weighted by Crippen LogP contribution is -2.05. The van der Waals surface area contributed by atoms with E-state index in [2.05, 4.69) is 5.32 Å². The number of hydrogen-bond acceptors (Lipinski definition) is 3. The largest absolute Gasteiger partial charge is 0.464 e. The van der Waals surface area contributed by atoms with E-state index in [1.165, 1.54) is 11.1 Å². The molecular formula is C8H12N2O. The van der Waals surface area contributed by atoms with E-state index in [1.54, 1.807) is 0 Å². The van der Waals surface area contributed by atoms with Crippen molar-refractivity contribution in [2.45, 2.75) is 26.6 Å². The maximum Gasteiger partial charge on any atom is 0.122 e. The summed E-state index contributed by atoms with van der Waals surface area (Å²) in [5.41, 5.74) is 8.05. The van der Waals surface area contributed by atoms with Crippen LogP contribution in [0.25, 0.3) is 0 Å². The van der Waals surface area contributed by atoms with Crippen LogP contribution in [0.5, 0.6) is 0 Å². The van der Waals surface area contributed by atoms with Gasteiger partial charge in [0.25, 0.3) is 0 Å². The third-order valence-corrected chi connectivity index (χ3v) is 2.19. The molecule has 0 unspecified atom stereocenters. The molecule has 1 aliphatic heterocycles. The Morgan fingerprint density at radius 1 is 1.55 bits per heavy atom. The predicted molar refractivity (Wildman–Crippen MR) is 41.9 cm³/mol. The molecule has 3 heteroatoms. The molecule has 2 heterocycles. The van der Waals surface area contributed by atoms with Gasteiger partial charge in [0.05, 0.1) is 6.54 Å². The van der Waals surface area contributed by atoms with Crippen molar-refractivity contribution in [3.8, 4) is 0 Å². The summed E-state index contributed by atoms with van der Waals surface area (Å²) in [6.07, 6.45) is 0. The van der Waals surface area contributed by atoms with Crippen LogP contribution in [0.4, 0.5) is 0 Å². The topological polar surface area (TPSA) is 51.2 Å². The molecule has 0 radical (unpaired) electrons. The summed E-state index contributed by atoms with van der Waals surface area (Å²) in [6, 6.07) is 0. The molecule has 0 saturated carbocycles. The van der Waals surface area contributed by atoms with Crippen molar-refractivity contribution in [2.75, 3.05) is 0 Å². The van der Waals surface area contributed by atoms with Crippen molar-refractivity contribution >= 4 is 0 Å². The van der Waals surface area contributed by atoms with Gasteiger partial charge in [0.15, 0.2) is 0 Å². The summed E-state index contributed by atoms with van der Waals surface area (Å²) in [7, 11) is 0. The summed E-state index contributed by atoms with van der Waals surface area (Å²) in [6.45, 7) is 4.34. The molecule has 3 N–H and O–H groups in total. The molecule has 2 rings (SSSR count). The monoisotopic (exact) mass is 152 g/mol. The van der Waals surface area contributed by atoms with E-state index in [9.17, 15) is 0 Å². The smallest absolute Gasteiger partial charge is 0.122 e. The second kappa shape index (κ2) is 2.36. The number of nitrogens with one attached hydrogen (secondary N) is 1. The molecule has 0 bridgehead atoms. The Kier molecular flexibility index (Phi) is 1.47. The fraction of sp³-hybridized carbons (Fsp3) is 0.500. The van der Waals surface area contributed by atoms with Crippen LogP contribution in [0.15, 0.2) is 4.42 Å². The molecule has 0 spiro atoms. The molecule has 11 heavy (non-hydrogen) atoms. The van der Waals surface area contributed by atoms with Gasteiger partial charge in [0.1, 0.15) is 11.5 Å². The molecular weight excluding hydrogens is 140 g/mol. The molecule has 0 amide bonds. The van der Waals surface area contributed by atoms with Gasteiger partial charge < -0.3 is 15.5 Å². The summed E-state index contributed by atoms with van der Waals surface area (Å²) in [5, 5.41) is 3.22. The molecule has 1 aromatic heterocycles. The van der Waals surface area contributed by atoms with Gasteiger partial charge in [-0.3, -0.25) is 0 Å². The molecule has 1 aliphatic rings. The third kappa shape index (κ3) is 0.886. The van der Waals surface area contributed by atoms with Gasteiger partial charge in [-0.15, -0.1) is 0 Å². The number of nitrogens with two attached hydrogens (primary N) is 1. The van der Waals surface area contributed by atoms with Crippen LogP contribution < -0.4 is 11.1 Å². The number of aryl methyl sites for hydroxylation is 1. The fourth-order valence-electron chi connectivity index (χ4n) is 1.60. The van der Waals surface area contributed by atoms with E-state index in [-0.39, 0.29) is 0 Å². The van der Waals surface area contributed by atoms with Crippen molar-refractivity contribution in [3.05, 3.63) is 22.6 Å². The van der Waals surface area contributed by atoms with E-state index >= 15 is 0 Å². The molecule has 60 valence electrons. The summed E-state index contributed by atoms with van der Waals surface area (Å²) in [4.78, 5) is 0. The Bertz CT molecular complexity index is 278. The van der Waals surface area contributed by atoms with Crippen LogP contribution in [0.3, 0.4) is 0 Å². The van der Waals surface area contributed by atoms with Crippen LogP contribution >= 0.6 is 0 Å². The van der Waals surface area contributed by atoms with Gasteiger partial charge in [-0.05, 0) is 6.92 Å². The van der Waals surface area contributed by atoms with Crippen molar-refractivity contribution in [1.29, 1.82) is 0 Å². The standard InChI is InChI=1S/C8H12N2O/c1-5-6(2-9)7-3-10-4-8(7)11-5/h10H,2-4,9H2,1H3. The first-order valence-corrected chi connectivity index (χ1v) is 3.83. The first-order valence-electron chi connectivity index (χ1n) is 3.83. The van der Waals surface area contributed by atoms with E-state index in [0.29, 0.717) is 6.54 Å². The van der Waals surface area contributed by atoms with Gasteiger partial charge in [-0.2, -0.15) is 0 Å². The zero-order valence-corrected chi connectivity index (χ0v) is 6.61. The van der Waals surface area contributed by atoms with Crippen molar-refractivity contribution in [3.63, 3.8) is 0 Å². The molecule has 0 fully saturated rings. The molecule has 3 nitrogen and oxygen atoms in total. The molecule has 0 aliphatic carbocycles. The van der Waals surface area contributed by atoms with Gasteiger partial charge >= 0.3 is 0 Å². The third-order valence-electron chi connectivity index (χ3n) is 2.19. The Morgan fingerprint density at radius 3 is 3.09 bits per heavy atom. The minimum absolute atomic E-state index is 0.590. The van der Waals surface area contributed by atoms with Crippen molar-refractivity contribution in [1.82, 2.24) is 5.32 Å². The first kappa shape index (κ1) is 6.88. The molecule has 0 aromatic carbocycles. The Morgan fingerprint density at radius 2 is 2.36 bits per heavy atom. The van der Waals surface area contributed by atoms with Crippen LogP contribution in [-0.2, 0) is 19.6 Å². The lowest BCUT2D eigenvalue weighted by Gasteiger charge is -1.95. The second-order valence-electron chi connectivity index (χ2n) is 2.85. The zero-order valence-electron chi connectivity index (χ0n) is 6.61. The molecule has 0 saturated heterocycles. The SMILES string of the molecule is Cc1oc2c(c1CN)CNC2. The van der Waals surface area contributed by atoms with Gasteiger partial charge in [-0.25, -0.2) is 0 Å². The average molecular weight is 152 g/mol. The second-order valence-corrected chi connectivity index (χ2v) is 2.85. The fourth-order valence-corrected chi connectivity index (χ4v) is 1.60. The van der Waals surface area contributed by atoms with Crippen molar-refractivity contribution < 1.29 is 4.42 Å². The Balaban J connectivity index is 2.52. The average Bonchev–Trinajstić information content (AvgIpc) is 2.46. The van der Waals surface area contributed by atoms with Gasteiger partial charge in [0, 0.05) is 24.2 Å². The van der Waals surface area contributed by atoms with Gasteiger partial charge in [-0.1, -0.05) is 0 Å². The highest BCUT2D eigenvalue weighted by atomic mass is 16.3. The quantitative estimate of drug-likeness (QED) is 0.621. The normalized spacial score (nSPS) is 15.5. The van der Waals surface area contributed by atoms with Crippen LogP contribution in [0.2, 0.25) is 0 Å². The highest BCUT2D eigenvalue weighted by Gasteiger charge is 2.20. The zero-order chi connectivity index (χ0) is 7.84. The lowest BCUT2D eigenvalue weighted by atomic mass is 10.1. The number of rotatable bonds is 1. The highest BCUT2D eigenvalue weighted by Crippen LogP contribution is 2.25. The first-order chi connectivity index (χ1) is 5.33. The molecule has 1 aromatic rings. The predicted octanol–water partition coefficient (Wildman–Crippen LogP) is 0.650. The summed E-state index contributed by atoms with van der Waals surface area (Å²) >= 11 is 0. The van der Waals surface area contributed by atoms with Gasteiger partial charge in [0.2, 0.25) is 0 Å². The van der Waals surface area contributed by atoms with E-state index < -0.39 is 0 Å². The summed E-state index contributed by atoms with van der Waals surface area (Å²) < 4.78 is 5.51. The number of fused-ring (bicyclic) bond motifs is 1. The van der Waals surface area contributed by atoms with Crippen LogP contribution in [0.1, 0.15) is 22.6 Å². The maximum atomic E-state index is 5.58. The van der Waals surface area contributed by atoms with E-state index in [4.69, 9.17) is 10.2 Å². The van der Waals surface area contributed by atoms with E-state index in [1.807, 2.05) is 6.92 Å². The van der Waals surface area contributed by atoms with E-state index in [0.717, 1.165) is 24.6 Å². The van der Waals surface area contributed by atoms with Crippen LogP contribution in [0, 0.1) is 6.92 Å². The maximum absolute atomic E-state index is 5.58.